The number of aromatic nitrogens is 3. The molecule has 0 unspecified atom stereocenters. The minimum absolute atomic E-state index is 0.0482. The Bertz CT molecular complexity index is 655. The summed E-state index contributed by atoms with van der Waals surface area (Å²) < 4.78 is 5.64. The minimum atomic E-state index is -0.0482. The molecule has 2 heterocycles. The number of rotatable bonds is 6. The fourth-order valence-corrected chi connectivity index (χ4v) is 2.95. The summed E-state index contributed by atoms with van der Waals surface area (Å²) >= 11 is 0. The Kier molecular flexibility index (Phi) is 4.64. The molecule has 7 nitrogen and oxygen atoms in total. The molecule has 124 valence electrons. The average Bonchev–Trinajstić information content (AvgIpc) is 3.26. The number of nitrogens with one attached hydrogen (secondary N) is 2. The van der Waals surface area contributed by atoms with Crippen LogP contribution in [0.4, 0.5) is 6.01 Å². The van der Waals surface area contributed by atoms with Crippen molar-refractivity contribution in [3.05, 3.63) is 29.4 Å². The van der Waals surface area contributed by atoms with Crippen molar-refractivity contribution in [2.75, 3.05) is 19.4 Å². The van der Waals surface area contributed by atoms with Crippen LogP contribution in [0, 0.1) is 5.92 Å². The monoisotopic (exact) mass is 317 g/mol. The lowest BCUT2D eigenvalue weighted by Gasteiger charge is -2.07. The van der Waals surface area contributed by atoms with Crippen molar-refractivity contribution in [2.45, 2.75) is 38.6 Å². The smallest absolute Gasteiger partial charge is 0.315 e. The molecule has 1 fully saturated rings. The summed E-state index contributed by atoms with van der Waals surface area (Å²) in [4.78, 5) is 16.5. The van der Waals surface area contributed by atoms with E-state index in [-0.39, 0.29) is 5.91 Å². The number of hydrogen-bond donors (Lipinski definition) is 2. The normalized spacial score (nSPS) is 15.0. The van der Waals surface area contributed by atoms with Gasteiger partial charge in [0.15, 0.2) is 0 Å². The Morgan fingerprint density at radius 1 is 1.35 bits per heavy atom. The SMILES string of the molecule is CN(C)C(=O)c1ccc(CNc2nnc(CC3CCCC3)o2)[nH]1. The molecule has 0 aromatic carbocycles. The van der Waals surface area contributed by atoms with Crippen molar-refractivity contribution < 1.29 is 9.21 Å². The predicted molar refractivity (Wildman–Crippen MR) is 86.1 cm³/mol. The highest BCUT2D eigenvalue weighted by atomic mass is 16.4. The van der Waals surface area contributed by atoms with E-state index in [1.54, 1.807) is 20.2 Å². The summed E-state index contributed by atoms with van der Waals surface area (Å²) in [6.45, 7) is 0.506. The molecule has 0 radical (unpaired) electrons. The molecule has 0 bridgehead atoms. The Morgan fingerprint density at radius 2 is 2.13 bits per heavy atom. The van der Waals surface area contributed by atoms with Crippen molar-refractivity contribution in [1.29, 1.82) is 0 Å². The van der Waals surface area contributed by atoms with Gasteiger partial charge in [-0.15, -0.1) is 5.10 Å². The third-order valence-corrected chi connectivity index (χ3v) is 4.22. The topological polar surface area (TPSA) is 87.1 Å². The molecule has 0 saturated heterocycles. The van der Waals surface area contributed by atoms with Crippen molar-refractivity contribution >= 4 is 11.9 Å². The second-order valence-electron chi connectivity index (χ2n) is 6.31. The lowest BCUT2D eigenvalue weighted by molar-refractivity contribution is 0.0822. The Hall–Kier alpha value is -2.31. The van der Waals surface area contributed by atoms with Gasteiger partial charge in [0.25, 0.3) is 5.91 Å². The van der Waals surface area contributed by atoms with Crippen LogP contribution in [0.3, 0.4) is 0 Å². The van der Waals surface area contributed by atoms with E-state index in [2.05, 4.69) is 20.5 Å². The highest BCUT2D eigenvalue weighted by Crippen LogP contribution is 2.27. The molecule has 2 aromatic rings. The number of amides is 1. The van der Waals surface area contributed by atoms with Crippen LogP contribution in [0.5, 0.6) is 0 Å². The Balaban J connectivity index is 1.52. The van der Waals surface area contributed by atoms with E-state index in [0.29, 0.717) is 30.1 Å². The van der Waals surface area contributed by atoms with E-state index in [0.717, 1.165) is 12.1 Å². The number of hydrogen-bond acceptors (Lipinski definition) is 5. The lowest BCUT2D eigenvalue weighted by Crippen LogP contribution is -2.22. The van der Waals surface area contributed by atoms with E-state index in [1.165, 1.54) is 30.6 Å². The van der Waals surface area contributed by atoms with Gasteiger partial charge in [0.1, 0.15) is 5.69 Å². The van der Waals surface area contributed by atoms with E-state index < -0.39 is 0 Å². The van der Waals surface area contributed by atoms with Gasteiger partial charge in [0.05, 0.1) is 6.54 Å². The average molecular weight is 317 g/mol. The molecule has 2 N–H and O–H groups in total. The van der Waals surface area contributed by atoms with Gasteiger partial charge in [-0.25, -0.2) is 0 Å². The fraction of sp³-hybridized carbons (Fsp3) is 0.562. The van der Waals surface area contributed by atoms with Crippen LogP contribution in [-0.2, 0) is 13.0 Å². The van der Waals surface area contributed by atoms with Crippen LogP contribution in [0.25, 0.3) is 0 Å². The molecule has 0 spiro atoms. The Morgan fingerprint density at radius 3 is 2.87 bits per heavy atom. The van der Waals surface area contributed by atoms with Crippen LogP contribution >= 0.6 is 0 Å². The number of carbonyl (C=O) groups is 1. The maximum absolute atomic E-state index is 11.8. The quantitative estimate of drug-likeness (QED) is 0.854. The van der Waals surface area contributed by atoms with Gasteiger partial charge in [-0.1, -0.05) is 17.9 Å². The van der Waals surface area contributed by atoms with Gasteiger partial charge in [0.2, 0.25) is 5.89 Å². The number of carbonyl (C=O) groups excluding carboxylic acids is 1. The summed E-state index contributed by atoms with van der Waals surface area (Å²) in [5.74, 6) is 1.34. The Labute approximate surface area is 135 Å². The van der Waals surface area contributed by atoms with Crippen molar-refractivity contribution in [3.8, 4) is 0 Å². The van der Waals surface area contributed by atoms with E-state index >= 15 is 0 Å². The zero-order valence-electron chi connectivity index (χ0n) is 13.6. The van der Waals surface area contributed by atoms with Crippen LogP contribution < -0.4 is 5.32 Å². The predicted octanol–water partition coefficient (Wildman–Crippen LogP) is 2.44. The molecule has 1 aliphatic rings. The first-order valence-corrected chi connectivity index (χ1v) is 8.07. The maximum Gasteiger partial charge on any atom is 0.315 e. The van der Waals surface area contributed by atoms with Gasteiger partial charge in [-0.3, -0.25) is 4.79 Å². The summed E-state index contributed by atoms with van der Waals surface area (Å²) in [6, 6.07) is 4.08. The first-order valence-electron chi connectivity index (χ1n) is 8.07. The van der Waals surface area contributed by atoms with Gasteiger partial charge in [0, 0.05) is 26.2 Å². The van der Waals surface area contributed by atoms with Crippen LogP contribution in [0.1, 0.15) is 47.8 Å². The lowest BCUT2D eigenvalue weighted by atomic mass is 10.0. The van der Waals surface area contributed by atoms with E-state index in [1.807, 2.05) is 6.07 Å². The zero-order chi connectivity index (χ0) is 16.2. The standard InChI is InChI=1S/C16H23N5O2/c1-21(2)15(22)13-8-7-12(18-13)10-17-16-20-19-14(23-16)9-11-5-3-4-6-11/h7-8,11,18H,3-6,9-10H2,1-2H3,(H,17,20). The van der Waals surface area contributed by atoms with Gasteiger partial charge in [-0.05, 0) is 30.9 Å². The number of H-pyrrole nitrogens is 1. The molecule has 1 saturated carbocycles. The molecule has 0 atom stereocenters. The second kappa shape index (κ2) is 6.85. The molecule has 23 heavy (non-hydrogen) atoms. The highest BCUT2D eigenvalue weighted by molar-refractivity contribution is 5.92. The summed E-state index contributed by atoms with van der Waals surface area (Å²) in [5, 5.41) is 11.2. The van der Waals surface area contributed by atoms with Crippen LogP contribution in [0.15, 0.2) is 16.5 Å². The summed E-state index contributed by atoms with van der Waals surface area (Å²) in [6.07, 6.45) is 6.01. The fourth-order valence-electron chi connectivity index (χ4n) is 2.95. The maximum atomic E-state index is 11.8. The van der Waals surface area contributed by atoms with Crippen molar-refractivity contribution in [1.82, 2.24) is 20.1 Å². The first kappa shape index (κ1) is 15.6. The third kappa shape index (κ3) is 3.91. The third-order valence-electron chi connectivity index (χ3n) is 4.22. The van der Waals surface area contributed by atoms with Crippen molar-refractivity contribution in [2.24, 2.45) is 5.92 Å². The van der Waals surface area contributed by atoms with E-state index in [4.69, 9.17) is 4.42 Å². The first-order chi connectivity index (χ1) is 11.1. The largest absolute Gasteiger partial charge is 0.408 e. The minimum Gasteiger partial charge on any atom is -0.408 e. The highest BCUT2D eigenvalue weighted by Gasteiger charge is 2.18. The number of anilines is 1. The molecular weight excluding hydrogens is 294 g/mol. The zero-order valence-corrected chi connectivity index (χ0v) is 13.6. The molecule has 1 aliphatic carbocycles. The van der Waals surface area contributed by atoms with Gasteiger partial charge in [-0.2, -0.15) is 0 Å². The molecule has 7 heteroatoms. The molecule has 2 aromatic heterocycles. The molecule has 0 aliphatic heterocycles. The number of aromatic amines is 1. The van der Waals surface area contributed by atoms with Gasteiger partial charge < -0.3 is 19.6 Å². The summed E-state index contributed by atoms with van der Waals surface area (Å²) in [5.41, 5.74) is 1.46. The second-order valence-corrected chi connectivity index (χ2v) is 6.31. The van der Waals surface area contributed by atoms with Gasteiger partial charge >= 0.3 is 6.01 Å². The molecular formula is C16H23N5O2. The summed E-state index contributed by atoms with van der Waals surface area (Å²) in [7, 11) is 3.46. The number of nitrogens with zero attached hydrogens (tertiary/aromatic N) is 3. The van der Waals surface area contributed by atoms with Crippen molar-refractivity contribution in [3.63, 3.8) is 0 Å². The van der Waals surface area contributed by atoms with E-state index in [9.17, 15) is 4.79 Å². The van der Waals surface area contributed by atoms with Crippen LogP contribution in [-0.4, -0.2) is 40.1 Å². The molecule has 1 amide bonds. The molecule has 3 rings (SSSR count). The van der Waals surface area contributed by atoms with Crippen LogP contribution in [0.2, 0.25) is 0 Å².